The lowest BCUT2D eigenvalue weighted by Crippen LogP contribution is -2.37. The molecule has 1 atom stereocenters. The molecule has 0 N–H and O–H groups in total. The van der Waals surface area contributed by atoms with Crippen LogP contribution in [0.4, 0.5) is 0 Å². The maximum Gasteiger partial charge on any atom is 0.274 e. The van der Waals surface area contributed by atoms with Crippen molar-refractivity contribution in [3.05, 3.63) is 71.1 Å². The zero-order chi connectivity index (χ0) is 20.2. The summed E-state index contributed by atoms with van der Waals surface area (Å²) >= 11 is 5.99. The van der Waals surface area contributed by atoms with Gasteiger partial charge in [-0.05, 0) is 48.7 Å². The van der Waals surface area contributed by atoms with Crippen molar-refractivity contribution in [3.63, 3.8) is 0 Å². The Hall–Kier alpha value is -2.70. The van der Waals surface area contributed by atoms with E-state index in [1.165, 1.54) is 0 Å². The van der Waals surface area contributed by atoms with Crippen LogP contribution in [0.2, 0.25) is 5.02 Å². The van der Waals surface area contributed by atoms with Gasteiger partial charge in [-0.2, -0.15) is 5.10 Å². The number of carbonyl (C=O) groups is 1. The maximum absolute atomic E-state index is 13.3. The quantitative estimate of drug-likeness (QED) is 0.617. The van der Waals surface area contributed by atoms with Crippen molar-refractivity contribution in [2.45, 2.75) is 25.5 Å². The largest absolute Gasteiger partial charge is 0.376 e. The molecule has 29 heavy (non-hydrogen) atoms. The summed E-state index contributed by atoms with van der Waals surface area (Å²) in [5.74, 6) is -0.123. The molecule has 1 fully saturated rings. The first kappa shape index (κ1) is 19.6. The summed E-state index contributed by atoms with van der Waals surface area (Å²) in [6.45, 7) is 1.70. The summed E-state index contributed by atoms with van der Waals surface area (Å²) in [5.41, 5.74) is 3.07. The molecule has 0 radical (unpaired) electrons. The molecule has 7 heteroatoms. The van der Waals surface area contributed by atoms with Crippen LogP contribution >= 0.6 is 11.6 Å². The third kappa shape index (κ3) is 4.66. The van der Waals surface area contributed by atoms with Crippen molar-refractivity contribution >= 4 is 17.5 Å². The smallest absolute Gasteiger partial charge is 0.274 e. The van der Waals surface area contributed by atoms with E-state index >= 15 is 0 Å². The predicted molar refractivity (Wildman–Crippen MR) is 112 cm³/mol. The number of carbonyl (C=O) groups excluding carboxylic acids is 1. The fourth-order valence-electron chi connectivity index (χ4n) is 3.57. The Morgan fingerprint density at radius 2 is 2.10 bits per heavy atom. The van der Waals surface area contributed by atoms with Crippen molar-refractivity contribution in [2.24, 2.45) is 7.05 Å². The fourth-order valence-corrected chi connectivity index (χ4v) is 3.69. The van der Waals surface area contributed by atoms with E-state index in [-0.39, 0.29) is 12.0 Å². The van der Waals surface area contributed by atoms with Crippen LogP contribution in [0.5, 0.6) is 0 Å². The maximum atomic E-state index is 13.3. The van der Waals surface area contributed by atoms with Gasteiger partial charge in [0.15, 0.2) is 5.69 Å². The number of pyridine rings is 1. The van der Waals surface area contributed by atoms with E-state index in [0.717, 1.165) is 36.4 Å². The minimum atomic E-state index is -0.123. The monoisotopic (exact) mass is 410 g/mol. The number of ether oxygens (including phenoxy) is 1. The first-order valence-electron chi connectivity index (χ1n) is 9.71. The van der Waals surface area contributed by atoms with Gasteiger partial charge in [-0.3, -0.25) is 14.5 Å². The molecule has 2 aromatic heterocycles. The molecule has 1 aliphatic heterocycles. The van der Waals surface area contributed by atoms with Crippen LogP contribution in [-0.2, 0) is 18.3 Å². The number of aromatic nitrogens is 3. The molecule has 0 aliphatic carbocycles. The zero-order valence-electron chi connectivity index (χ0n) is 16.3. The van der Waals surface area contributed by atoms with E-state index in [1.807, 2.05) is 55.6 Å². The van der Waals surface area contributed by atoms with Gasteiger partial charge >= 0.3 is 0 Å². The lowest BCUT2D eigenvalue weighted by molar-refractivity contribution is 0.0499. The zero-order valence-corrected chi connectivity index (χ0v) is 17.0. The van der Waals surface area contributed by atoms with Crippen molar-refractivity contribution < 1.29 is 9.53 Å². The normalized spacial score (nSPS) is 16.1. The van der Waals surface area contributed by atoms with Crippen molar-refractivity contribution in [1.82, 2.24) is 19.7 Å². The second-order valence-corrected chi connectivity index (χ2v) is 7.62. The molecule has 1 aromatic carbocycles. The summed E-state index contributed by atoms with van der Waals surface area (Å²) < 4.78 is 7.49. The first-order chi connectivity index (χ1) is 14.1. The standard InChI is InChI=1S/C22H23ClN4O2/c1-26-21(16-7-9-17(23)10-8-16)13-20(25-26)22(28)27(15-19-6-4-12-29-19)14-18-5-2-3-11-24-18/h2-3,5,7-11,13,19H,4,6,12,14-15H2,1H3/t19-/m0/s1. The van der Waals surface area contributed by atoms with Gasteiger partial charge in [0.25, 0.3) is 5.91 Å². The number of rotatable bonds is 6. The van der Waals surface area contributed by atoms with Crippen molar-refractivity contribution in [1.29, 1.82) is 0 Å². The van der Waals surface area contributed by atoms with E-state index in [1.54, 1.807) is 15.8 Å². The fraction of sp³-hybridized carbons (Fsp3) is 0.318. The molecule has 1 aliphatic rings. The second kappa shape index (κ2) is 8.76. The molecular formula is C22H23ClN4O2. The molecule has 3 heterocycles. The number of nitrogens with zero attached hydrogens (tertiary/aromatic N) is 4. The van der Waals surface area contributed by atoms with Crippen LogP contribution in [0.3, 0.4) is 0 Å². The molecule has 3 aromatic rings. The molecule has 0 bridgehead atoms. The molecule has 1 amide bonds. The van der Waals surface area contributed by atoms with Gasteiger partial charge in [0.1, 0.15) is 0 Å². The van der Waals surface area contributed by atoms with Gasteiger partial charge in [-0.1, -0.05) is 29.8 Å². The van der Waals surface area contributed by atoms with Gasteiger partial charge < -0.3 is 9.64 Å². The average molecular weight is 411 g/mol. The molecule has 0 unspecified atom stereocenters. The van der Waals surface area contributed by atoms with Crippen LogP contribution in [0, 0.1) is 0 Å². The number of amides is 1. The number of benzene rings is 1. The minimum absolute atomic E-state index is 0.0575. The van der Waals surface area contributed by atoms with Crippen molar-refractivity contribution in [2.75, 3.05) is 13.2 Å². The van der Waals surface area contributed by atoms with Crippen LogP contribution in [0.1, 0.15) is 29.0 Å². The summed E-state index contributed by atoms with van der Waals surface area (Å²) in [5, 5.41) is 5.15. The lowest BCUT2D eigenvalue weighted by Gasteiger charge is -2.24. The first-order valence-corrected chi connectivity index (χ1v) is 10.1. The van der Waals surface area contributed by atoms with E-state index in [4.69, 9.17) is 16.3 Å². The minimum Gasteiger partial charge on any atom is -0.376 e. The average Bonchev–Trinajstić information content (AvgIpc) is 3.38. The van der Waals surface area contributed by atoms with E-state index < -0.39 is 0 Å². The lowest BCUT2D eigenvalue weighted by atomic mass is 10.1. The topological polar surface area (TPSA) is 60.2 Å². The Bertz CT molecular complexity index is 966. The highest BCUT2D eigenvalue weighted by atomic mass is 35.5. The van der Waals surface area contributed by atoms with Gasteiger partial charge in [0, 0.05) is 31.4 Å². The Morgan fingerprint density at radius 3 is 2.79 bits per heavy atom. The number of halogens is 1. The number of hydrogen-bond acceptors (Lipinski definition) is 4. The van der Waals surface area contributed by atoms with Gasteiger partial charge in [0.2, 0.25) is 0 Å². The predicted octanol–water partition coefficient (Wildman–Crippen LogP) is 3.96. The van der Waals surface area contributed by atoms with E-state index in [0.29, 0.717) is 23.8 Å². The number of aryl methyl sites for hydroxylation is 1. The van der Waals surface area contributed by atoms with Crippen LogP contribution in [0.25, 0.3) is 11.3 Å². The Morgan fingerprint density at radius 1 is 1.28 bits per heavy atom. The summed E-state index contributed by atoms with van der Waals surface area (Å²) in [6.07, 6.45) is 3.79. The van der Waals surface area contributed by atoms with Crippen molar-refractivity contribution in [3.8, 4) is 11.3 Å². The molecule has 0 spiro atoms. The Balaban J connectivity index is 1.59. The Kier molecular flexibility index (Phi) is 5.92. The molecule has 6 nitrogen and oxygen atoms in total. The summed E-state index contributed by atoms with van der Waals surface area (Å²) in [7, 11) is 1.84. The van der Waals surface area contributed by atoms with Crippen LogP contribution in [0.15, 0.2) is 54.7 Å². The van der Waals surface area contributed by atoms with Crippen LogP contribution < -0.4 is 0 Å². The third-order valence-electron chi connectivity index (χ3n) is 5.05. The van der Waals surface area contributed by atoms with Gasteiger partial charge in [-0.15, -0.1) is 0 Å². The molecule has 1 saturated heterocycles. The van der Waals surface area contributed by atoms with Gasteiger partial charge in [0.05, 0.1) is 24.0 Å². The SMILES string of the molecule is Cn1nc(C(=O)N(Cc2ccccn2)C[C@@H]2CCCO2)cc1-c1ccc(Cl)cc1. The van der Waals surface area contributed by atoms with Crippen LogP contribution in [-0.4, -0.2) is 44.8 Å². The molecular weight excluding hydrogens is 388 g/mol. The summed E-state index contributed by atoms with van der Waals surface area (Å²) in [4.78, 5) is 19.5. The Labute approximate surface area is 175 Å². The molecule has 150 valence electrons. The molecule has 4 rings (SSSR count). The number of hydrogen-bond donors (Lipinski definition) is 0. The van der Waals surface area contributed by atoms with E-state index in [9.17, 15) is 4.79 Å². The highest BCUT2D eigenvalue weighted by Gasteiger charge is 2.26. The molecule has 0 saturated carbocycles. The van der Waals surface area contributed by atoms with Gasteiger partial charge in [-0.25, -0.2) is 0 Å². The van der Waals surface area contributed by atoms with E-state index in [2.05, 4.69) is 10.1 Å². The summed E-state index contributed by atoms with van der Waals surface area (Å²) in [6, 6.07) is 15.0. The highest BCUT2D eigenvalue weighted by Crippen LogP contribution is 2.23. The highest BCUT2D eigenvalue weighted by molar-refractivity contribution is 6.30. The second-order valence-electron chi connectivity index (χ2n) is 7.19. The third-order valence-corrected chi connectivity index (χ3v) is 5.31.